The van der Waals surface area contributed by atoms with E-state index < -0.39 is 0 Å². The van der Waals surface area contributed by atoms with E-state index in [4.69, 9.17) is 0 Å². The molecule has 1 nitrogen and oxygen atoms in total. The van der Waals surface area contributed by atoms with Crippen molar-refractivity contribution in [3.63, 3.8) is 0 Å². The Balaban J connectivity index is 0. The number of nitrogens with zero attached hydrogens (tertiary/aromatic N) is 1. The Labute approximate surface area is 70.2 Å². The second-order valence-electron chi connectivity index (χ2n) is 1.99. The Morgan fingerprint density at radius 3 is 2.36 bits per heavy atom. The summed E-state index contributed by atoms with van der Waals surface area (Å²) in [5.74, 6) is 2.25. The van der Waals surface area contributed by atoms with Crippen LogP contribution in [0.4, 0.5) is 0 Å². The van der Waals surface area contributed by atoms with Crippen LogP contribution in [-0.4, -0.2) is 5.71 Å². The molecule has 0 atom stereocenters. The van der Waals surface area contributed by atoms with Crippen molar-refractivity contribution in [1.82, 2.24) is 0 Å². The Bertz CT molecular complexity index is 158. The van der Waals surface area contributed by atoms with Crippen LogP contribution in [0.3, 0.4) is 0 Å². The van der Waals surface area contributed by atoms with E-state index in [9.17, 15) is 0 Å². The van der Waals surface area contributed by atoms with Crippen LogP contribution in [-0.2, 0) is 0 Å². The predicted octanol–water partition coefficient (Wildman–Crippen LogP) is 3.03. The molecule has 0 heterocycles. The molecule has 0 unspecified atom stereocenters. The monoisotopic (exact) mass is 151 g/mol. The van der Waals surface area contributed by atoms with Crippen LogP contribution in [0.1, 0.15) is 34.1 Å². The standard InChI is InChI=1S/C7H13N.C3H4/c1-4-6-8-7(3)5-2;1-3-2/h4,6H,5H2,1-3H3;1H,2H3/b6-4-,8-7?;. The minimum Gasteiger partial charge on any atom is -0.266 e. The number of allylic oxidation sites excluding steroid dienone is 1. The van der Waals surface area contributed by atoms with Gasteiger partial charge in [-0.2, -0.15) is 0 Å². The molecule has 0 aliphatic rings. The zero-order valence-corrected chi connectivity index (χ0v) is 7.89. The van der Waals surface area contributed by atoms with Gasteiger partial charge in [-0.1, -0.05) is 13.0 Å². The number of aliphatic imine (C=N–C) groups is 1. The van der Waals surface area contributed by atoms with Gasteiger partial charge in [0.25, 0.3) is 0 Å². The topological polar surface area (TPSA) is 12.4 Å². The molecule has 0 aromatic carbocycles. The normalized spacial score (nSPS) is 10.3. The lowest BCUT2D eigenvalue weighted by molar-refractivity contribution is 1.25. The van der Waals surface area contributed by atoms with Gasteiger partial charge in [-0.15, -0.1) is 12.3 Å². The highest BCUT2D eigenvalue weighted by Gasteiger charge is 1.77. The van der Waals surface area contributed by atoms with Crippen LogP contribution in [0.2, 0.25) is 0 Å². The van der Waals surface area contributed by atoms with Crippen LogP contribution >= 0.6 is 0 Å². The largest absolute Gasteiger partial charge is 0.266 e. The number of hydrogen-bond acceptors (Lipinski definition) is 1. The van der Waals surface area contributed by atoms with E-state index in [0.717, 1.165) is 6.42 Å². The van der Waals surface area contributed by atoms with E-state index in [1.165, 1.54) is 5.71 Å². The molecule has 0 aromatic rings. The van der Waals surface area contributed by atoms with E-state index in [-0.39, 0.29) is 0 Å². The summed E-state index contributed by atoms with van der Waals surface area (Å²) in [6.45, 7) is 7.74. The van der Waals surface area contributed by atoms with Gasteiger partial charge in [-0.3, -0.25) is 4.99 Å². The zero-order chi connectivity index (χ0) is 9.11. The maximum atomic E-state index is 4.60. The summed E-state index contributed by atoms with van der Waals surface area (Å²) in [7, 11) is 0. The van der Waals surface area contributed by atoms with Crippen molar-refractivity contribution >= 4 is 5.71 Å². The second kappa shape index (κ2) is 11.7. The molecule has 0 N–H and O–H groups in total. The van der Waals surface area contributed by atoms with Gasteiger partial charge >= 0.3 is 0 Å². The molecule has 0 aliphatic carbocycles. The van der Waals surface area contributed by atoms with Gasteiger partial charge in [0, 0.05) is 11.9 Å². The first-order valence-electron chi connectivity index (χ1n) is 3.74. The first-order valence-corrected chi connectivity index (χ1v) is 3.74. The Morgan fingerprint density at radius 2 is 2.09 bits per heavy atom. The lowest BCUT2D eigenvalue weighted by Gasteiger charge is -1.86. The molecule has 11 heavy (non-hydrogen) atoms. The molecular formula is C10H17N. The van der Waals surface area contributed by atoms with Gasteiger partial charge in [0.05, 0.1) is 0 Å². The van der Waals surface area contributed by atoms with E-state index in [1.54, 1.807) is 6.92 Å². The molecule has 0 bridgehead atoms. The van der Waals surface area contributed by atoms with Crippen molar-refractivity contribution in [3.8, 4) is 12.3 Å². The first-order chi connectivity index (χ1) is 5.22. The number of hydrogen-bond donors (Lipinski definition) is 0. The molecule has 0 aliphatic heterocycles. The maximum Gasteiger partial charge on any atom is 0.0224 e. The number of terminal acetylenes is 1. The highest BCUT2D eigenvalue weighted by Crippen LogP contribution is 1.84. The van der Waals surface area contributed by atoms with Gasteiger partial charge in [0.15, 0.2) is 0 Å². The Kier molecular flexibility index (Phi) is 13.5. The zero-order valence-electron chi connectivity index (χ0n) is 7.89. The lowest BCUT2D eigenvalue weighted by atomic mass is 10.3. The third-order valence-corrected chi connectivity index (χ3v) is 0.956. The van der Waals surface area contributed by atoms with Crippen molar-refractivity contribution < 1.29 is 0 Å². The molecule has 0 rings (SSSR count). The summed E-state index contributed by atoms with van der Waals surface area (Å²) < 4.78 is 0. The highest BCUT2D eigenvalue weighted by atomic mass is 14.7. The fraction of sp³-hybridized carbons (Fsp3) is 0.500. The molecule has 0 radical (unpaired) electrons. The quantitative estimate of drug-likeness (QED) is 0.425. The van der Waals surface area contributed by atoms with Crippen molar-refractivity contribution in [2.24, 2.45) is 4.99 Å². The summed E-state index contributed by atoms with van der Waals surface area (Å²) in [4.78, 5) is 4.10. The molecule has 0 amide bonds. The molecule has 0 fully saturated rings. The van der Waals surface area contributed by atoms with Crippen LogP contribution in [0.15, 0.2) is 17.3 Å². The molecule has 0 saturated heterocycles. The summed E-state index contributed by atoms with van der Waals surface area (Å²) in [6.07, 6.45) is 9.39. The van der Waals surface area contributed by atoms with Gasteiger partial charge in [0.1, 0.15) is 0 Å². The Morgan fingerprint density at radius 1 is 1.64 bits per heavy atom. The highest BCUT2D eigenvalue weighted by molar-refractivity contribution is 5.82. The first kappa shape index (κ1) is 12.6. The van der Waals surface area contributed by atoms with Gasteiger partial charge in [0.2, 0.25) is 0 Å². The van der Waals surface area contributed by atoms with Gasteiger partial charge in [-0.05, 0) is 27.2 Å². The minimum atomic E-state index is 1.05. The smallest absolute Gasteiger partial charge is 0.0224 e. The minimum absolute atomic E-state index is 1.05. The van der Waals surface area contributed by atoms with E-state index in [2.05, 4.69) is 24.3 Å². The SMILES string of the molecule is C#CC.C/C=C\N=C(C)CC. The average Bonchev–Trinajstić information content (AvgIpc) is 2.02. The number of rotatable bonds is 2. The molecule has 0 aromatic heterocycles. The molecule has 0 spiro atoms. The van der Waals surface area contributed by atoms with Crippen LogP contribution in [0.25, 0.3) is 0 Å². The summed E-state index contributed by atoms with van der Waals surface area (Å²) >= 11 is 0. The lowest BCUT2D eigenvalue weighted by Crippen LogP contribution is -1.83. The van der Waals surface area contributed by atoms with Crippen LogP contribution in [0.5, 0.6) is 0 Å². The Hall–Kier alpha value is -1.03. The summed E-state index contributed by atoms with van der Waals surface area (Å²) in [5.41, 5.74) is 1.18. The third-order valence-electron chi connectivity index (χ3n) is 0.956. The van der Waals surface area contributed by atoms with Crippen LogP contribution in [0, 0.1) is 12.3 Å². The van der Waals surface area contributed by atoms with Gasteiger partial charge in [-0.25, -0.2) is 0 Å². The fourth-order valence-corrected chi connectivity index (χ4v) is 0.293. The predicted molar refractivity (Wildman–Crippen MR) is 52.7 cm³/mol. The van der Waals surface area contributed by atoms with Crippen molar-refractivity contribution in [3.05, 3.63) is 12.3 Å². The molecule has 62 valence electrons. The van der Waals surface area contributed by atoms with Crippen LogP contribution < -0.4 is 0 Å². The van der Waals surface area contributed by atoms with E-state index in [1.807, 2.05) is 26.1 Å². The van der Waals surface area contributed by atoms with E-state index in [0.29, 0.717) is 0 Å². The summed E-state index contributed by atoms with van der Waals surface area (Å²) in [6, 6.07) is 0. The van der Waals surface area contributed by atoms with E-state index >= 15 is 0 Å². The van der Waals surface area contributed by atoms with Crippen molar-refractivity contribution in [1.29, 1.82) is 0 Å². The second-order valence-corrected chi connectivity index (χ2v) is 1.99. The van der Waals surface area contributed by atoms with Gasteiger partial charge < -0.3 is 0 Å². The maximum absolute atomic E-state index is 4.60. The summed E-state index contributed by atoms with van der Waals surface area (Å²) in [5, 5.41) is 0. The molecular weight excluding hydrogens is 134 g/mol. The third kappa shape index (κ3) is 17.6. The molecule has 1 heteroatoms. The van der Waals surface area contributed by atoms with Crippen molar-refractivity contribution in [2.75, 3.05) is 0 Å². The molecule has 0 saturated carbocycles. The fourth-order valence-electron chi connectivity index (χ4n) is 0.293. The average molecular weight is 151 g/mol. The van der Waals surface area contributed by atoms with Crippen molar-refractivity contribution in [2.45, 2.75) is 34.1 Å².